The van der Waals surface area contributed by atoms with Gasteiger partial charge in [0.25, 0.3) is 0 Å². The molecule has 0 aliphatic carbocycles. The molecule has 112 valence electrons. The highest BCUT2D eigenvalue weighted by molar-refractivity contribution is 5.72. The molecule has 3 aromatic rings. The van der Waals surface area contributed by atoms with Crippen LogP contribution in [0.5, 0.6) is 0 Å². The average Bonchev–Trinajstić information content (AvgIpc) is 3.02. The Kier molecular flexibility index (Phi) is 3.12. The lowest BCUT2D eigenvalue weighted by atomic mass is 10.2. The molecule has 1 saturated heterocycles. The van der Waals surface area contributed by atoms with Gasteiger partial charge in [-0.1, -0.05) is 0 Å². The number of fused-ring (bicyclic) bond motifs is 1. The zero-order valence-corrected chi connectivity index (χ0v) is 12.1. The molecule has 4 heterocycles. The van der Waals surface area contributed by atoms with Crippen molar-refractivity contribution in [2.24, 2.45) is 0 Å². The fraction of sp³-hybridized carbons (Fsp3) is 0.267. The largest absolute Gasteiger partial charge is 0.383 e. The van der Waals surface area contributed by atoms with E-state index in [4.69, 9.17) is 5.73 Å². The topological polar surface area (TPSA) is 84.4 Å². The number of nitrogens with two attached hydrogens (primary N) is 1. The summed E-state index contributed by atoms with van der Waals surface area (Å²) in [6.07, 6.45) is 3.51. The van der Waals surface area contributed by atoms with Crippen LogP contribution < -0.4 is 16.0 Å². The second-order valence-electron chi connectivity index (χ2n) is 5.30. The smallest absolute Gasteiger partial charge is 0.171 e. The molecule has 1 aliphatic heterocycles. The van der Waals surface area contributed by atoms with Crippen molar-refractivity contribution < 1.29 is 0 Å². The Morgan fingerprint density at radius 3 is 2.73 bits per heavy atom. The lowest BCUT2D eigenvalue weighted by Gasteiger charge is -2.30. The summed E-state index contributed by atoms with van der Waals surface area (Å²) in [5.74, 6) is 1.39. The summed E-state index contributed by atoms with van der Waals surface area (Å²) in [6, 6.07) is 7.82. The minimum absolute atomic E-state index is 0.670. The van der Waals surface area contributed by atoms with Gasteiger partial charge in [-0.15, -0.1) is 10.2 Å². The lowest BCUT2D eigenvalue weighted by Crippen LogP contribution is -2.43. The number of pyridine rings is 2. The summed E-state index contributed by atoms with van der Waals surface area (Å²) >= 11 is 0. The molecule has 7 heteroatoms. The first kappa shape index (κ1) is 13.0. The van der Waals surface area contributed by atoms with E-state index in [0.717, 1.165) is 48.9 Å². The zero-order valence-electron chi connectivity index (χ0n) is 12.1. The van der Waals surface area contributed by atoms with E-state index in [1.807, 2.05) is 28.7 Å². The van der Waals surface area contributed by atoms with Crippen LogP contribution in [-0.2, 0) is 0 Å². The van der Waals surface area contributed by atoms with Crippen LogP contribution in [0.15, 0.2) is 36.7 Å². The van der Waals surface area contributed by atoms with Gasteiger partial charge in [-0.05, 0) is 24.3 Å². The Morgan fingerprint density at radius 1 is 1.09 bits per heavy atom. The quantitative estimate of drug-likeness (QED) is 0.727. The maximum absolute atomic E-state index is 6.43. The predicted molar refractivity (Wildman–Crippen MR) is 85.7 cm³/mol. The maximum atomic E-state index is 6.43. The predicted octanol–water partition coefficient (Wildman–Crippen LogP) is 0.783. The number of hydrogen-bond acceptors (Lipinski definition) is 6. The number of nitrogens with one attached hydrogen (secondary N) is 1. The molecule has 0 bridgehead atoms. The van der Waals surface area contributed by atoms with Crippen LogP contribution in [0.2, 0.25) is 0 Å². The number of nitrogen functional groups attached to an aromatic ring is 1. The molecular weight excluding hydrogens is 278 g/mol. The van der Waals surface area contributed by atoms with Gasteiger partial charge in [0, 0.05) is 44.1 Å². The van der Waals surface area contributed by atoms with Gasteiger partial charge in [0.2, 0.25) is 0 Å². The van der Waals surface area contributed by atoms with Crippen molar-refractivity contribution in [1.82, 2.24) is 24.9 Å². The Balaban J connectivity index is 1.86. The van der Waals surface area contributed by atoms with Crippen LogP contribution in [0.1, 0.15) is 0 Å². The first-order valence-corrected chi connectivity index (χ1v) is 7.34. The SMILES string of the molecule is Nc1c(N2CCNCC2)ccc2nnc(-c3cccnc3)n12. The Labute approximate surface area is 127 Å². The van der Waals surface area contributed by atoms with Crippen molar-refractivity contribution >= 4 is 17.2 Å². The van der Waals surface area contributed by atoms with Crippen molar-refractivity contribution in [2.45, 2.75) is 0 Å². The van der Waals surface area contributed by atoms with E-state index in [0.29, 0.717) is 5.82 Å². The minimum Gasteiger partial charge on any atom is -0.383 e. The normalized spacial score (nSPS) is 15.4. The molecule has 0 spiro atoms. The Bertz CT molecular complexity index is 790. The van der Waals surface area contributed by atoms with Gasteiger partial charge in [-0.2, -0.15) is 0 Å². The van der Waals surface area contributed by atoms with E-state index in [-0.39, 0.29) is 0 Å². The van der Waals surface area contributed by atoms with E-state index >= 15 is 0 Å². The number of anilines is 2. The molecule has 22 heavy (non-hydrogen) atoms. The molecule has 0 saturated carbocycles. The number of nitrogens with zero attached hydrogens (tertiary/aromatic N) is 5. The Hall–Kier alpha value is -2.67. The van der Waals surface area contributed by atoms with E-state index < -0.39 is 0 Å². The highest BCUT2D eigenvalue weighted by Gasteiger charge is 2.18. The molecule has 1 aliphatic rings. The molecule has 0 unspecified atom stereocenters. The third-order valence-corrected chi connectivity index (χ3v) is 3.96. The summed E-state index contributed by atoms with van der Waals surface area (Å²) in [4.78, 5) is 6.44. The van der Waals surface area contributed by atoms with Crippen molar-refractivity contribution in [3.8, 4) is 11.4 Å². The molecule has 0 radical (unpaired) electrons. The third-order valence-electron chi connectivity index (χ3n) is 3.96. The molecule has 3 N–H and O–H groups in total. The maximum Gasteiger partial charge on any atom is 0.171 e. The summed E-state index contributed by atoms with van der Waals surface area (Å²) in [5.41, 5.74) is 9.11. The Morgan fingerprint density at radius 2 is 1.95 bits per heavy atom. The fourth-order valence-electron chi connectivity index (χ4n) is 2.85. The van der Waals surface area contributed by atoms with Gasteiger partial charge in [0.1, 0.15) is 5.82 Å². The number of piperazine rings is 1. The highest BCUT2D eigenvalue weighted by atomic mass is 15.3. The van der Waals surface area contributed by atoms with Crippen LogP contribution >= 0.6 is 0 Å². The second kappa shape index (κ2) is 5.27. The average molecular weight is 295 g/mol. The third kappa shape index (κ3) is 2.06. The monoisotopic (exact) mass is 295 g/mol. The first-order valence-electron chi connectivity index (χ1n) is 7.34. The molecule has 1 fully saturated rings. The summed E-state index contributed by atoms with van der Waals surface area (Å²) in [7, 11) is 0. The van der Waals surface area contributed by atoms with Crippen molar-refractivity contribution in [2.75, 3.05) is 36.8 Å². The van der Waals surface area contributed by atoms with Gasteiger partial charge in [0.05, 0.1) is 5.69 Å². The lowest BCUT2D eigenvalue weighted by molar-refractivity contribution is 0.589. The van der Waals surface area contributed by atoms with Crippen LogP contribution in [-0.4, -0.2) is 45.8 Å². The molecule has 0 amide bonds. The van der Waals surface area contributed by atoms with Gasteiger partial charge in [-0.25, -0.2) is 0 Å². The van der Waals surface area contributed by atoms with Gasteiger partial charge < -0.3 is 16.0 Å². The van der Waals surface area contributed by atoms with Crippen LogP contribution in [0.4, 0.5) is 11.5 Å². The van der Waals surface area contributed by atoms with E-state index in [1.54, 1.807) is 12.4 Å². The summed E-state index contributed by atoms with van der Waals surface area (Å²) < 4.78 is 1.90. The van der Waals surface area contributed by atoms with Crippen LogP contribution in [0, 0.1) is 0 Å². The zero-order chi connectivity index (χ0) is 14.9. The minimum atomic E-state index is 0.670. The van der Waals surface area contributed by atoms with E-state index in [1.165, 1.54) is 0 Å². The van der Waals surface area contributed by atoms with E-state index in [9.17, 15) is 0 Å². The van der Waals surface area contributed by atoms with Crippen LogP contribution in [0.3, 0.4) is 0 Å². The summed E-state index contributed by atoms with van der Waals surface area (Å²) in [6.45, 7) is 3.82. The fourth-order valence-corrected chi connectivity index (χ4v) is 2.85. The van der Waals surface area contributed by atoms with Gasteiger partial charge in [-0.3, -0.25) is 9.38 Å². The highest BCUT2D eigenvalue weighted by Crippen LogP contribution is 2.28. The number of hydrogen-bond donors (Lipinski definition) is 2. The molecule has 4 rings (SSSR count). The van der Waals surface area contributed by atoms with Gasteiger partial charge in [0.15, 0.2) is 11.5 Å². The van der Waals surface area contributed by atoms with Crippen molar-refractivity contribution in [1.29, 1.82) is 0 Å². The summed E-state index contributed by atoms with van der Waals surface area (Å²) in [5, 5.41) is 11.8. The van der Waals surface area contributed by atoms with E-state index in [2.05, 4.69) is 25.4 Å². The standard InChI is InChI=1S/C15H17N7/c16-14-12(21-8-6-17-7-9-21)3-4-13-19-20-15(22(13)14)11-2-1-5-18-10-11/h1-5,10,17H,6-9,16H2. The first-order chi connectivity index (χ1) is 10.8. The molecular formula is C15H17N7. The molecule has 0 aromatic carbocycles. The van der Waals surface area contributed by atoms with Gasteiger partial charge >= 0.3 is 0 Å². The van der Waals surface area contributed by atoms with Crippen molar-refractivity contribution in [3.05, 3.63) is 36.7 Å². The second-order valence-corrected chi connectivity index (χ2v) is 5.30. The number of rotatable bonds is 2. The molecule has 0 atom stereocenters. The van der Waals surface area contributed by atoms with Crippen LogP contribution in [0.25, 0.3) is 17.0 Å². The number of aromatic nitrogens is 4. The van der Waals surface area contributed by atoms with Crippen molar-refractivity contribution in [3.63, 3.8) is 0 Å². The molecule has 3 aromatic heterocycles. The molecule has 7 nitrogen and oxygen atoms in total.